The Labute approximate surface area is 113 Å². The predicted molar refractivity (Wildman–Crippen MR) is 69.1 cm³/mol. The number of hydrogen-bond acceptors (Lipinski definition) is 4. The van der Waals surface area contributed by atoms with Gasteiger partial charge in [-0.25, -0.2) is 12.7 Å². The fraction of sp³-hybridized carbons (Fsp3) is 0.818. The number of nitrogens with zero attached hydrogens (tertiary/aromatic N) is 2. The van der Waals surface area contributed by atoms with E-state index in [1.165, 1.54) is 4.31 Å². The van der Waals surface area contributed by atoms with Gasteiger partial charge >= 0.3 is 5.97 Å². The summed E-state index contributed by atoms with van der Waals surface area (Å²) in [4.78, 5) is 23.8. The molecule has 0 spiro atoms. The van der Waals surface area contributed by atoms with Crippen molar-refractivity contribution in [2.45, 2.75) is 32.7 Å². The summed E-state index contributed by atoms with van der Waals surface area (Å²) in [6.07, 6.45) is 1.48. The molecule has 1 rings (SSSR count). The highest BCUT2D eigenvalue weighted by molar-refractivity contribution is 7.89. The van der Waals surface area contributed by atoms with Crippen molar-refractivity contribution in [2.75, 3.05) is 25.4 Å². The number of rotatable bonds is 8. The van der Waals surface area contributed by atoms with Gasteiger partial charge in [-0.1, -0.05) is 13.8 Å². The van der Waals surface area contributed by atoms with Gasteiger partial charge in [-0.3, -0.25) is 9.59 Å². The Kier molecular flexibility index (Phi) is 5.30. The average Bonchev–Trinajstić information content (AvgIpc) is 3.09. The van der Waals surface area contributed by atoms with Gasteiger partial charge in [0, 0.05) is 19.1 Å². The lowest BCUT2D eigenvalue weighted by Crippen LogP contribution is -2.44. The van der Waals surface area contributed by atoms with Crippen molar-refractivity contribution in [3.8, 4) is 0 Å². The van der Waals surface area contributed by atoms with Gasteiger partial charge in [0.2, 0.25) is 15.9 Å². The van der Waals surface area contributed by atoms with Crippen LogP contribution in [0.5, 0.6) is 0 Å². The molecule has 1 saturated carbocycles. The van der Waals surface area contributed by atoms with Gasteiger partial charge in [-0.05, 0) is 12.8 Å². The second kappa shape index (κ2) is 6.33. The average molecular weight is 292 g/mol. The van der Waals surface area contributed by atoms with Crippen molar-refractivity contribution in [2.24, 2.45) is 0 Å². The third kappa shape index (κ3) is 4.46. The van der Waals surface area contributed by atoms with Crippen LogP contribution < -0.4 is 0 Å². The largest absolute Gasteiger partial charge is 0.480 e. The van der Waals surface area contributed by atoms with Crippen LogP contribution in [0.15, 0.2) is 0 Å². The van der Waals surface area contributed by atoms with Crippen LogP contribution in [-0.2, 0) is 19.6 Å². The van der Waals surface area contributed by atoms with Crippen molar-refractivity contribution < 1.29 is 23.1 Å². The zero-order valence-electron chi connectivity index (χ0n) is 11.2. The molecule has 110 valence electrons. The summed E-state index contributed by atoms with van der Waals surface area (Å²) < 4.78 is 25.1. The summed E-state index contributed by atoms with van der Waals surface area (Å²) in [6.45, 7) is 3.56. The fourth-order valence-electron chi connectivity index (χ4n) is 1.90. The van der Waals surface area contributed by atoms with Crippen LogP contribution in [0.1, 0.15) is 26.7 Å². The van der Waals surface area contributed by atoms with Crippen molar-refractivity contribution in [1.29, 1.82) is 0 Å². The molecule has 1 N–H and O–H groups in total. The monoisotopic (exact) mass is 292 g/mol. The number of hydrogen-bond donors (Lipinski definition) is 1. The number of carboxylic acid groups (broad SMARTS) is 1. The minimum Gasteiger partial charge on any atom is -0.480 e. The van der Waals surface area contributed by atoms with Gasteiger partial charge < -0.3 is 10.0 Å². The zero-order valence-corrected chi connectivity index (χ0v) is 12.0. The van der Waals surface area contributed by atoms with Crippen LogP contribution in [0.25, 0.3) is 0 Å². The van der Waals surface area contributed by atoms with E-state index in [0.717, 1.165) is 17.7 Å². The minimum absolute atomic E-state index is 0.115. The highest BCUT2D eigenvalue weighted by Crippen LogP contribution is 2.27. The van der Waals surface area contributed by atoms with Gasteiger partial charge in [0.15, 0.2) is 0 Å². The van der Waals surface area contributed by atoms with E-state index in [0.29, 0.717) is 13.1 Å². The number of sulfonamides is 1. The van der Waals surface area contributed by atoms with E-state index in [1.807, 2.05) is 0 Å². The van der Waals surface area contributed by atoms with Crippen molar-refractivity contribution in [3.63, 3.8) is 0 Å². The maximum absolute atomic E-state index is 12.0. The lowest BCUT2D eigenvalue weighted by Gasteiger charge is -2.23. The molecule has 0 aromatic rings. The van der Waals surface area contributed by atoms with Crippen LogP contribution in [0.3, 0.4) is 0 Å². The van der Waals surface area contributed by atoms with Gasteiger partial charge in [0.1, 0.15) is 12.3 Å². The maximum atomic E-state index is 12.0. The first-order valence-electron chi connectivity index (χ1n) is 6.30. The van der Waals surface area contributed by atoms with E-state index < -0.39 is 34.2 Å². The summed E-state index contributed by atoms with van der Waals surface area (Å²) >= 11 is 0. The van der Waals surface area contributed by atoms with Gasteiger partial charge in [0.05, 0.1) is 0 Å². The van der Waals surface area contributed by atoms with Crippen molar-refractivity contribution in [3.05, 3.63) is 0 Å². The Morgan fingerprint density at radius 3 is 2.11 bits per heavy atom. The van der Waals surface area contributed by atoms with E-state index in [4.69, 9.17) is 5.11 Å². The lowest BCUT2D eigenvalue weighted by atomic mass is 10.4. The Morgan fingerprint density at radius 2 is 1.74 bits per heavy atom. The van der Waals surface area contributed by atoms with Crippen LogP contribution >= 0.6 is 0 Å². The normalized spacial score (nSPS) is 15.5. The zero-order chi connectivity index (χ0) is 14.6. The number of carboxylic acids is 1. The molecule has 1 amide bonds. The Bertz CT molecular complexity index is 440. The molecule has 1 aliphatic rings. The molecule has 8 heteroatoms. The SMILES string of the molecule is CCN(CC)S(=O)(=O)CC(=O)N(CC(=O)O)C1CC1. The second-order valence-electron chi connectivity index (χ2n) is 4.49. The van der Waals surface area contributed by atoms with E-state index >= 15 is 0 Å². The molecular formula is C11H20N2O5S. The number of carbonyl (C=O) groups is 2. The minimum atomic E-state index is -3.66. The van der Waals surface area contributed by atoms with E-state index in [1.54, 1.807) is 13.8 Å². The lowest BCUT2D eigenvalue weighted by molar-refractivity contribution is -0.143. The summed E-state index contributed by atoms with van der Waals surface area (Å²) in [5, 5.41) is 8.76. The quantitative estimate of drug-likeness (QED) is 0.664. The first-order chi connectivity index (χ1) is 8.81. The molecule has 19 heavy (non-hydrogen) atoms. The summed E-state index contributed by atoms with van der Waals surface area (Å²) in [7, 11) is -3.66. The van der Waals surface area contributed by atoms with Crippen LogP contribution in [0.2, 0.25) is 0 Å². The first-order valence-corrected chi connectivity index (χ1v) is 7.91. The molecule has 0 saturated heterocycles. The highest BCUT2D eigenvalue weighted by Gasteiger charge is 2.36. The number of aliphatic carboxylic acids is 1. The molecule has 0 aliphatic heterocycles. The molecule has 0 radical (unpaired) electrons. The highest BCUT2D eigenvalue weighted by atomic mass is 32.2. The number of carbonyl (C=O) groups excluding carboxylic acids is 1. The van der Waals surface area contributed by atoms with E-state index in [2.05, 4.69) is 0 Å². The first kappa shape index (κ1) is 15.9. The Hall–Kier alpha value is -1.15. The fourth-order valence-corrected chi connectivity index (χ4v) is 3.35. The summed E-state index contributed by atoms with van der Waals surface area (Å²) in [5.41, 5.74) is 0. The summed E-state index contributed by atoms with van der Waals surface area (Å²) in [6, 6.07) is -0.115. The van der Waals surface area contributed by atoms with Gasteiger partial charge in [0.25, 0.3) is 0 Å². The van der Waals surface area contributed by atoms with E-state index in [-0.39, 0.29) is 6.04 Å². The Balaban J connectivity index is 2.73. The molecule has 1 aliphatic carbocycles. The molecule has 7 nitrogen and oxygen atoms in total. The molecule has 0 unspecified atom stereocenters. The smallest absolute Gasteiger partial charge is 0.323 e. The summed E-state index contributed by atoms with van der Waals surface area (Å²) in [5.74, 6) is -2.41. The molecule has 0 atom stereocenters. The Morgan fingerprint density at radius 1 is 1.21 bits per heavy atom. The van der Waals surface area contributed by atoms with E-state index in [9.17, 15) is 18.0 Å². The van der Waals surface area contributed by atoms with Crippen LogP contribution in [0, 0.1) is 0 Å². The van der Waals surface area contributed by atoms with Gasteiger partial charge in [-0.2, -0.15) is 0 Å². The molecule has 1 fully saturated rings. The molecule has 0 bridgehead atoms. The topological polar surface area (TPSA) is 95.0 Å². The van der Waals surface area contributed by atoms with Crippen molar-refractivity contribution in [1.82, 2.24) is 9.21 Å². The van der Waals surface area contributed by atoms with Gasteiger partial charge in [-0.15, -0.1) is 0 Å². The molecule has 0 aromatic heterocycles. The molecule has 0 heterocycles. The standard InChI is InChI=1S/C11H20N2O5S/c1-3-12(4-2)19(17,18)8-10(14)13(7-11(15)16)9-5-6-9/h9H,3-8H2,1-2H3,(H,15,16). The van der Waals surface area contributed by atoms with Crippen molar-refractivity contribution >= 4 is 21.9 Å². The predicted octanol–water partition coefficient (Wildman–Crippen LogP) is -0.266. The number of amides is 1. The maximum Gasteiger partial charge on any atom is 0.323 e. The van der Waals surface area contributed by atoms with Crippen LogP contribution in [0.4, 0.5) is 0 Å². The van der Waals surface area contributed by atoms with Crippen LogP contribution in [-0.4, -0.2) is 66.0 Å². The molecular weight excluding hydrogens is 272 g/mol. The second-order valence-corrected chi connectivity index (χ2v) is 6.46. The third-order valence-electron chi connectivity index (χ3n) is 3.02. The third-order valence-corrected chi connectivity index (χ3v) is 4.93. The molecule has 0 aromatic carbocycles.